The number of carbonyl (C=O) groups excluding carboxylic acids is 2. The Labute approximate surface area is 182 Å². The van der Waals surface area contributed by atoms with Crippen LogP contribution in [0.3, 0.4) is 0 Å². The van der Waals surface area contributed by atoms with Crippen LogP contribution < -0.4 is 10.6 Å². The molecule has 3 aromatic heterocycles. The molecule has 3 aromatic rings. The third-order valence-corrected chi connectivity index (χ3v) is 4.40. The number of halogens is 1. The van der Waals surface area contributed by atoms with Gasteiger partial charge in [-0.15, -0.1) is 5.10 Å². The average molecular weight is 446 g/mol. The number of ether oxygens (including phenoxy) is 2. The van der Waals surface area contributed by atoms with Gasteiger partial charge in [-0.25, -0.2) is 19.3 Å². The molecule has 0 radical (unpaired) electrons. The summed E-state index contributed by atoms with van der Waals surface area (Å²) in [7, 11) is 1.62. The van der Waals surface area contributed by atoms with Gasteiger partial charge in [0.25, 0.3) is 0 Å². The van der Waals surface area contributed by atoms with Gasteiger partial charge in [0, 0.05) is 18.8 Å². The number of aromatic nitrogens is 5. The Morgan fingerprint density at radius 2 is 2.00 bits per heavy atom. The van der Waals surface area contributed by atoms with Crippen molar-refractivity contribution >= 4 is 35.3 Å². The molecular formula is C19H20ClN7O4. The van der Waals surface area contributed by atoms with Gasteiger partial charge < -0.3 is 9.47 Å². The quantitative estimate of drug-likeness (QED) is 0.547. The van der Waals surface area contributed by atoms with Gasteiger partial charge in [0.15, 0.2) is 11.5 Å². The van der Waals surface area contributed by atoms with Crippen LogP contribution in [0.25, 0.3) is 11.4 Å². The Hall–Kier alpha value is -3.73. The van der Waals surface area contributed by atoms with E-state index in [-0.39, 0.29) is 17.6 Å². The zero-order valence-corrected chi connectivity index (χ0v) is 17.8. The van der Waals surface area contributed by atoms with E-state index >= 15 is 0 Å². The molecule has 0 bridgehead atoms. The van der Waals surface area contributed by atoms with Crippen molar-refractivity contribution in [2.75, 3.05) is 17.2 Å². The topological polar surface area (TPSA) is 133 Å². The van der Waals surface area contributed by atoms with Crippen molar-refractivity contribution in [2.45, 2.75) is 20.0 Å². The molecule has 0 aromatic carbocycles. The highest BCUT2D eigenvalue weighted by Crippen LogP contribution is 2.26. The number of nitrogens with zero attached hydrogens (tertiary/aromatic N) is 5. The molecule has 162 valence electrons. The fourth-order valence-corrected chi connectivity index (χ4v) is 2.89. The second kappa shape index (κ2) is 9.85. The zero-order valence-electron chi connectivity index (χ0n) is 17.0. The summed E-state index contributed by atoms with van der Waals surface area (Å²) >= 11 is 6.05. The second-order valence-corrected chi connectivity index (χ2v) is 6.60. The van der Waals surface area contributed by atoms with Gasteiger partial charge in [-0.05, 0) is 32.0 Å². The molecule has 0 saturated carbocycles. The lowest BCUT2D eigenvalue weighted by atomic mass is 10.2. The summed E-state index contributed by atoms with van der Waals surface area (Å²) in [5.74, 6) is 0.285. The highest BCUT2D eigenvalue weighted by atomic mass is 35.5. The molecule has 11 nitrogen and oxygen atoms in total. The lowest BCUT2D eigenvalue weighted by Crippen LogP contribution is -2.18. The molecule has 3 rings (SSSR count). The van der Waals surface area contributed by atoms with Gasteiger partial charge in [0.2, 0.25) is 0 Å². The maximum absolute atomic E-state index is 12.4. The summed E-state index contributed by atoms with van der Waals surface area (Å²) in [6.07, 6.45) is 1.06. The largest absolute Gasteiger partial charge is 0.450 e. The molecule has 0 saturated heterocycles. The van der Waals surface area contributed by atoms with E-state index in [9.17, 15) is 9.59 Å². The van der Waals surface area contributed by atoms with E-state index < -0.39 is 18.3 Å². The van der Waals surface area contributed by atoms with Crippen molar-refractivity contribution in [1.82, 2.24) is 25.0 Å². The highest BCUT2D eigenvalue weighted by molar-refractivity contribution is 6.30. The Kier molecular flexibility index (Phi) is 6.98. The zero-order chi connectivity index (χ0) is 22.4. The minimum atomic E-state index is -0.723. The number of hydrogen-bond acceptors (Lipinski definition) is 8. The first-order valence-corrected chi connectivity index (χ1v) is 9.64. The first-order chi connectivity index (χ1) is 14.9. The van der Waals surface area contributed by atoms with E-state index in [2.05, 4.69) is 30.9 Å². The predicted octanol–water partition coefficient (Wildman–Crippen LogP) is 3.80. The van der Waals surface area contributed by atoms with Crippen molar-refractivity contribution in [1.29, 1.82) is 0 Å². The Morgan fingerprint density at radius 3 is 2.68 bits per heavy atom. The summed E-state index contributed by atoms with van der Waals surface area (Å²) in [5, 5.41) is 13.4. The van der Waals surface area contributed by atoms with Crippen molar-refractivity contribution in [3.8, 4) is 11.4 Å². The number of anilines is 2. The molecule has 2 N–H and O–H groups in total. The van der Waals surface area contributed by atoms with E-state index in [0.29, 0.717) is 22.6 Å². The summed E-state index contributed by atoms with van der Waals surface area (Å²) in [6, 6.07) is 6.68. The van der Waals surface area contributed by atoms with Crippen LogP contribution in [0.1, 0.15) is 25.5 Å². The van der Waals surface area contributed by atoms with Crippen LogP contribution in [-0.4, -0.2) is 43.8 Å². The first-order valence-electron chi connectivity index (χ1n) is 9.27. The molecule has 31 heavy (non-hydrogen) atoms. The predicted molar refractivity (Wildman–Crippen MR) is 113 cm³/mol. The third kappa shape index (κ3) is 5.45. The molecule has 0 fully saturated rings. The Balaban J connectivity index is 1.71. The number of aryl methyl sites for hydroxylation is 1. The fourth-order valence-electron chi connectivity index (χ4n) is 2.61. The van der Waals surface area contributed by atoms with Gasteiger partial charge in [-0.3, -0.25) is 15.6 Å². The van der Waals surface area contributed by atoms with Crippen LogP contribution in [0, 0.1) is 0 Å². The molecule has 0 aliphatic rings. The normalized spacial score (nSPS) is 11.5. The van der Waals surface area contributed by atoms with Gasteiger partial charge in [-0.1, -0.05) is 22.9 Å². The number of hydrogen-bond donors (Lipinski definition) is 2. The summed E-state index contributed by atoms with van der Waals surface area (Å²) in [6.45, 7) is 3.65. The molecule has 1 atom stereocenters. The standard InChI is InChI=1S/C19H20ClN7O4/c1-4-30-18(28)23-12-7-8-14(22-10-12)15-17(27(3)26-25-15)24-19(29)31-11(2)13-6-5-9-21-16(13)20/h5-11H,4H2,1-3H3,(H,23,28)(H,24,29)/t11-/m1/s1. The van der Waals surface area contributed by atoms with Crippen LogP contribution in [0.2, 0.25) is 5.15 Å². The number of rotatable bonds is 6. The molecule has 12 heteroatoms. The van der Waals surface area contributed by atoms with Crippen LogP contribution >= 0.6 is 11.6 Å². The van der Waals surface area contributed by atoms with E-state index in [1.165, 1.54) is 10.9 Å². The van der Waals surface area contributed by atoms with E-state index in [1.807, 2.05) is 0 Å². The number of carbonyl (C=O) groups is 2. The molecule has 2 amide bonds. The smallest absolute Gasteiger partial charge is 0.413 e. The van der Waals surface area contributed by atoms with Crippen molar-refractivity contribution in [3.63, 3.8) is 0 Å². The van der Waals surface area contributed by atoms with Gasteiger partial charge >= 0.3 is 12.2 Å². The fraction of sp³-hybridized carbons (Fsp3) is 0.263. The SMILES string of the molecule is CCOC(=O)Nc1ccc(-c2nnn(C)c2NC(=O)O[C@H](C)c2cccnc2Cl)nc1. The average Bonchev–Trinajstić information content (AvgIpc) is 3.09. The number of amides is 2. The lowest BCUT2D eigenvalue weighted by Gasteiger charge is -2.15. The summed E-state index contributed by atoms with van der Waals surface area (Å²) in [5.41, 5.74) is 1.78. The maximum atomic E-state index is 12.4. The van der Waals surface area contributed by atoms with Gasteiger partial charge in [0.1, 0.15) is 11.3 Å². The van der Waals surface area contributed by atoms with Crippen molar-refractivity contribution in [2.24, 2.45) is 7.05 Å². The van der Waals surface area contributed by atoms with Crippen LogP contribution in [0.4, 0.5) is 21.1 Å². The monoisotopic (exact) mass is 445 g/mol. The molecule has 0 aliphatic heterocycles. The van der Waals surface area contributed by atoms with Gasteiger partial charge in [-0.2, -0.15) is 0 Å². The van der Waals surface area contributed by atoms with E-state index in [0.717, 1.165) is 0 Å². The summed E-state index contributed by atoms with van der Waals surface area (Å²) < 4.78 is 11.6. The maximum Gasteiger partial charge on any atom is 0.413 e. The van der Waals surface area contributed by atoms with Crippen LogP contribution in [0.15, 0.2) is 36.7 Å². The Bertz CT molecular complexity index is 1070. The Morgan fingerprint density at radius 1 is 1.19 bits per heavy atom. The molecule has 3 heterocycles. The number of nitrogens with one attached hydrogen (secondary N) is 2. The number of pyridine rings is 2. The lowest BCUT2D eigenvalue weighted by molar-refractivity contribution is 0.121. The third-order valence-electron chi connectivity index (χ3n) is 4.08. The molecular weight excluding hydrogens is 426 g/mol. The first kappa shape index (κ1) is 22.0. The van der Waals surface area contributed by atoms with Crippen molar-refractivity contribution < 1.29 is 19.1 Å². The molecule has 0 spiro atoms. The van der Waals surface area contributed by atoms with Crippen LogP contribution in [0.5, 0.6) is 0 Å². The van der Waals surface area contributed by atoms with Gasteiger partial charge in [0.05, 0.1) is 24.2 Å². The second-order valence-electron chi connectivity index (χ2n) is 6.24. The summed E-state index contributed by atoms with van der Waals surface area (Å²) in [4.78, 5) is 32.2. The van der Waals surface area contributed by atoms with Crippen LogP contribution in [-0.2, 0) is 16.5 Å². The van der Waals surface area contributed by atoms with E-state index in [1.54, 1.807) is 51.4 Å². The van der Waals surface area contributed by atoms with E-state index in [4.69, 9.17) is 21.1 Å². The van der Waals surface area contributed by atoms with Crippen molar-refractivity contribution in [3.05, 3.63) is 47.4 Å². The minimum Gasteiger partial charge on any atom is -0.450 e. The molecule has 0 unspecified atom stereocenters. The molecule has 0 aliphatic carbocycles. The minimum absolute atomic E-state index is 0.256. The highest BCUT2D eigenvalue weighted by Gasteiger charge is 2.20.